The summed E-state index contributed by atoms with van der Waals surface area (Å²) in [6.45, 7) is 10.9. The molecule has 17 heavy (non-hydrogen) atoms. The van der Waals surface area contributed by atoms with E-state index in [1.165, 1.54) is 0 Å². The zero-order valence-corrected chi connectivity index (χ0v) is 12.0. The first-order chi connectivity index (χ1) is 7.75. The van der Waals surface area contributed by atoms with Gasteiger partial charge in [-0.05, 0) is 40.3 Å². The molecule has 3 N–H and O–H groups in total. The summed E-state index contributed by atoms with van der Waals surface area (Å²) in [6, 6.07) is 0. The molecule has 0 aromatic carbocycles. The van der Waals surface area contributed by atoms with E-state index in [2.05, 4.69) is 25.8 Å². The molecule has 4 heteroatoms. The van der Waals surface area contributed by atoms with E-state index in [1.54, 1.807) is 0 Å². The summed E-state index contributed by atoms with van der Waals surface area (Å²) in [5.74, 6) is 0.281. The summed E-state index contributed by atoms with van der Waals surface area (Å²) < 4.78 is 5.50. The highest BCUT2D eigenvalue weighted by Gasteiger charge is 2.20. The van der Waals surface area contributed by atoms with Gasteiger partial charge in [-0.15, -0.1) is 0 Å². The molecule has 0 spiro atoms. The molecular weight excluding hydrogens is 214 g/mol. The van der Waals surface area contributed by atoms with Crippen molar-refractivity contribution < 1.29 is 4.74 Å². The third-order valence-electron chi connectivity index (χ3n) is 2.99. The molecule has 0 aliphatic carbocycles. The van der Waals surface area contributed by atoms with Gasteiger partial charge in [0, 0.05) is 12.0 Å². The van der Waals surface area contributed by atoms with E-state index in [-0.39, 0.29) is 11.3 Å². The molecular formula is C13H29N3O. The molecule has 0 radical (unpaired) electrons. The minimum absolute atomic E-state index is 0.171. The number of hydrogen-bond acceptors (Lipinski definition) is 3. The lowest BCUT2D eigenvalue weighted by Crippen LogP contribution is -2.32. The van der Waals surface area contributed by atoms with E-state index in [0.29, 0.717) is 6.10 Å². The van der Waals surface area contributed by atoms with Gasteiger partial charge in [0.15, 0.2) is 0 Å². The van der Waals surface area contributed by atoms with Crippen molar-refractivity contribution in [1.29, 1.82) is 5.41 Å². The standard InChI is InChI=1S/C13H29N3O/c1-11(2)17-10-9-16(5)8-6-7-13(3,4)12(14)15/h11H,6-10H2,1-5H3,(H3,14,15). The monoisotopic (exact) mass is 243 g/mol. The average Bonchev–Trinajstić information content (AvgIpc) is 2.16. The van der Waals surface area contributed by atoms with Gasteiger partial charge in [-0.3, -0.25) is 5.41 Å². The number of hydrogen-bond donors (Lipinski definition) is 2. The molecule has 0 aliphatic heterocycles. The first-order valence-corrected chi connectivity index (χ1v) is 6.40. The molecule has 0 atom stereocenters. The Morgan fingerprint density at radius 1 is 1.35 bits per heavy atom. The predicted molar refractivity (Wildman–Crippen MR) is 73.5 cm³/mol. The molecule has 0 bridgehead atoms. The number of nitrogens with two attached hydrogens (primary N) is 1. The van der Waals surface area contributed by atoms with Gasteiger partial charge < -0.3 is 15.4 Å². The molecule has 0 unspecified atom stereocenters. The van der Waals surface area contributed by atoms with Crippen LogP contribution in [0.15, 0.2) is 0 Å². The minimum atomic E-state index is -0.171. The fraction of sp³-hybridized carbons (Fsp3) is 0.923. The zero-order chi connectivity index (χ0) is 13.5. The van der Waals surface area contributed by atoms with Crippen LogP contribution in [0.5, 0.6) is 0 Å². The third-order valence-corrected chi connectivity index (χ3v) is 2.99. The SMILES string of the molecule is CC(C)OCCN(C)CCCC(C)(C)C(=N)N. The van der Waals surface area contributed by atoms with Crippen molar-refractivity contribution in [3.63, 3.8) is 0 Å². The maximum atomic E-state index is 7.49. The van der Waals surface area contributed by atoms with Crippen LogP contribution in [-0.2, 0) is 4.74 Å². The fourth-order valence-electron chi connectivity index (χ4n) is 1.48. The topological polar surface area (TPSA) is 62.3 Å². The van der Waals surface area contributed by atoms with Crippen molar-refractivity contribution in [2.75, 3.05) is 26.7 Å². The van der Waals surface area contributed by atoms with E-state index in [1.807, 2.05) is 13.8 Å². The lowest BCUT2D eigenvalue weighted by Gasteiger charge is -2.24. The summed E-state index contributed by atoms with van der Waals surface area (Å²) >= 11 is 0. The molecule has 0 heterocycles. The first kappa shape index (κ1) is 16.4. The smallest absolute Gasteiger partial charge is 0.0963 e. The summed E-state index contributed by atoms with van der Waals surface area (Å²) in [7, 11) is 2.10. The number of likely N-dealkylation sites (N-methyl/N-ethyl adjacent to an activating group) is 1. The second-order valence-corrected chi connectivity index (χ2v) is 5.62. The predicted octanol–water partition coefficient (Wildman–Crippen LogP) is 2.09. The number of nitrogens with one attached hydrogen (secondary N) is 1. The van der Waals surface area contributed by atoms with Crippen LogP contribution in [0.4, 0.5) is 0 Å². The summed E-state index contributed by atoms with van der Waals surface area (Å²) in [6.07, 6.45) is 2.32. The van der Waals surface area contributed by atoms with Crippen LogP contribution in [0.25, 0.3) is 0 Å². The third kappa shape index (κ3) is 8.16. The van der Waals surface area contributed by atoms with Crippen molar-refractivity contribution in [3.05, 3.63) is 0 Å². The van der Waals surface area contributed by atoms with Gasteiger partial charge in [0.05, 0.1) is 18.5 Å². The van der Waals surface area contributed by atoms with Gasteiger partial charge in [-0.1, -0.05) is 13.8 Å². The summed E-state index contributed by atoms with van der Waals surface area (Å²) in [4.78, 5) is 2.26. The van der Waals surface area contributed by atoms with Crippen LogP contribution >= 0.6 is 0 Å². The Balaban J connectivity index is 3.64. The molecule has 0 rings (SSSR count). The van der Waals surface area contributed by atoms with E-state index < -0.39 is 0 Å². The van der Waals surface area contributed by atoms with Crippen LogP contribution in [-0.4, -0.2) is 43.6 Å². The number of nitrogens with zero attached hydrogens (tertiary/aromatic N) is 1. The molecule has 0 aromatic heterocycles. The van der Waals surface area contributed by atoms with Crippen LogP contribution in [0.2, 0.25) is 0 Å². The molecule has 0 saturated heterocycles. The highest BCUT2D eigenvalue weighted by atomic mass is 16.5. The quantitative estimate of drug-likeness (QED) is 0.481. The molecule has 102 valence electrons. The molecule has 0 aliphatic rings. The largest absolute Gasteiger partial charge is 0.387 e. The molecule has 0 fully saturated rings. The summed E-state index contributed by atoms with van der Waals surface area (Å²) in [5, 5.41) is 7.49. The van der Waals surface area contributed by atoms with Gasteiger partial charge in [-0.2, -0.15) is 0 Å². The fourth-order valence-corrected chi connectivity index (χ4v) is 1.48. The van der Waals surface area contributed by atoms with Gasteiger partial charge in [0.1, 0.15) is 0 Å². The van der Waals surface area contributed by atoms with Crippen molar-refractivity contribution in [1.82, 2.24) is 4.90 Å². The number of rotatable bonds is 9. The van der Waals surface area contributed by atoms with E-state index >= 15 is 0 Å². The van der Waals surface area contributed by atoms with E-state index in [4.69, 9.17) is 15.9 Å². The van der Waals surface area contributed by atoms with Crippen LogP contribution in [0.3, 0.4) is 0 Å². The van der Waals surface area contributed by atoms with E-state index in [0.717, 1.165) is 32.5 Å². The lowest BCUT2D eigenvalue weighted by molar-refractivity contribution is 0.0634. The Hall–Kier alpha value is -0.610. The normalized spacial score (nSPS) is 12.4. The van der Waals surface area contributed by atoms with Crippen molar-refractivity contribution in [2.24, 2.45) is 11.1 Å². The molecule has 0 aromatic rings. The Labute approximate surface area is 106 Å². The minimum Gasteiger partial charge on any atom is -0.387 e. The van der Waals surface area contributed by atoms with Gasteiger partial charge >= 0.3 is 0 Å². The Morgan fingerprint density at radius 3 is 2.41 bits per heavy atom. The Kier molecular flexibility index (Phi) is 7.39. The molecule has 4 nitrogen and oxygen atoms in total. The Bertz CT molecular complexity index is 227. The summed E-state index contributed by atoms with van der Waals surface area (Å²) in [5.41, 5.74) is 5.38. The molecule has 0 saturated carbocycles. The van der Waals surface area contributed by atoms with Crippen molar-refractivity contribution in [2.45, 2.75) is 46.6 Å². The second kappa shape index (κ2) is 7.67. The Morgan fingerprint density at radius 2 is 1.94 bits per heavy atom. The average molecular weight is 243 g/mol. The maximum Gasteiger partial charge on any atom is 0.0963 e. The second-order valence-electron chi connectivity index (χ2n) is 5.62. The van der Waals surface area contributed by atoms with Crippen LogP contribution in [0.1, 0.15) is 40.5 Å². The number of ether oxygens (including phenoxy) is 1. The van der Waals surface area contributed by atoms with Gasteiger partial charge in [-0.25, -0.2) is 0 Å². The van der Waals surface area contributed by atoms with Gasteiger partial charge in [0.2, 0.25) is 0 Å². The van der Waals surface area contributed by atoms with E-state index in [9.17, 15) is 0 Å². The van der Waals surface area contributed by atoms with Crippen molar-refractivity contribution >= 4 is 5.84 Å². The molecule has 0 amide bonds. The number of amidine groups is 1. The van der Waals surface area contributed by atoms with Crippen LogP contribution < -0.4 is 5.73 Å². The van der Waals surface area contributed by atoms with Crippen LogP contribution in [0, 0.1) is 10.8 Å². The zero-order valence-electron chi connectivity index (χ0n) is 12.0. The highest BCUT2D eigenvalue weighted by molar-refractivity contribution is 5.82. The first-order valence-electron chi connectivity index (χ1n) is 6.40. The lowest BCUT2D eigenvalue weighted by atomic mass is 9.86. The van der Waals surface area contributed by atoms with Gasteiger partial charge in [0.25, 0.3) is 0 Å². The van der Waals surface area contributed by atoms with Crippen molar-refractivity contribution in [3.8, 4) is 0 Å². The maximum absolute atomic E-state index is 7.49. The highest BCUT2D eigenvalue weighted by Crippen LogP contribution is 2.21.